The van der Waals surface area contributed by atoms with E-state index < -0.39 is 27.5 Å². The van der Waals surface area contributed by atoms with Gasteiger partial charge in [-0.15, -0.1) is 11.3 Å². The van der Waals surface area contributed by atoms with Gasteiger partial charge in [-0.25, -0.2) is 32.6 Å². The molecule has 0 aliphatic heterocycles. The van der Waals surface area contributed by atoms with E-state index in [2.05, 4.69) is 20.4 Å². The van der Waals surface area contributed by atoms with Gasteiger partial charge in [-0.2, -0.15) is 5.10 Å². The number of carbonyl (C=O) groups excluding carboxylic acids is 1. The van der Waals surface area contributed by atoms with E-state index in [0.29, 0.717) is 11.5 Å². The monoisotopic (exact) mass is 536 g/mol. The zero-order valence-corrected chi connectivity index (χ0v) is 21.2. The standard InChI is InChI=1S/C25H21FN6O3S2/c1-15-3-2-4-24(29-15)32-22(16-5-8-21-23(10-16)36-14-28-21)11-19(31-32)12-25(33)30-18-6-7-20(26)17(9-18)13-37(27,34)35/h2-11,14H,12-13H2,1H3,(H,30,33)(H2,27,34,35). The van der Waals surface area contributed by atoms with Crippen LogP contribution in [0.4, 0.5) is 10.1 Å². The van der Waals surface area contributed by atoms with Crippen LogP contribution in [-0.4, -0.2) is 34.1 Å². The number of primary sulfonamides is 1. The third-order valence-corrected chi connectivity index (χ3v) is 7.01. The van der Waals surface area contributed by atoms with Gasteiger partial charge < -0.3 is 5.32 Å². The first-order chi connectivity index (χ1) is 17.6. The topological polar surface area (TPSA) is 133 Å². The Morgan fingerprint density at radius 2 is 1.97 bits per heavy atom. The van der Waals surface area contributed by atoms with E-state index in [1.54, 1.807) is 10.2 Å². The van der Waals surface area contributed by atoms with Crippen molar-refractivity contribution in [2.45, 2.75) is 19.1 Å². The van der Waals surface area contributed by atoms with Crippen LogP contribution in [0.25, 0.3) is 27.3 Å². The Morgan fingerprint density at radius 3 is 2.76 bits per heavy atom. The molecule has 5 rings (SSSR count). The minimum absolute atomic E-state index is 0.0729. The summed E-state index contributed by atoms with van der Waals surface area (Å²) in [7, 11) is -3.94. The van der Waals surface area contributed by atoms with E-state index in [4.69, 9.17) is 5.14 Å². The van der Waals surface area contributed by atoms with Crippen molar-refractivity contribution in [1.82, 2.24) is 19.7 Å². The molecule has 0 aliphatic rings. The highest BCUT2D eigenvalue weighted by Crippen LogP contribution is 2.29. The van der Waals surface area contributed by atoms with Crippen molar-refractivity contribution in [3.8, 4) is 17.1 Å². The molecule has 0 atom stereocenters. The summed E-state index contributed by atoms with van der Waals surface area (Å²) < 4.78 is 39.5. The normalized spacial score (nSPS) is 11.6. The highest BCUT2D eigenvalue weighted by molar-refractivity contribution is 7.88. The Bertz CT molecular complexity index is 1750. The van der Waals surface area contributed by atoms with Crippen LogP contribution in [0.15, 0.2) is 66.2 Å². The van der Waals surface area contributed by atoms with Crippen LogP contribution in [0.3, 0.4) is 0 Å². The number of nitrogens with two attached hydrogens (primary N) is 1. The number of thiazole rings is 1. The molecule has 9 nitrogen and oxygen atoms in total. The number of sulfonamides is 1. The number of aryl methyl sites for hydroxylation is 1. The molecule has 3 aromatic heterocycles. The summed E-state index contributed by atoms with van der Waals surface area (Å²) in [6.07, 6.45) is -0.0729. The molecule has 0 saturated heterocycles. The Kier molecular flexibility index (Phi) is 6.54. The van der Waals surface area contributed by atoms with Crippen molar-refractivity contribution in [3.05, 3.63) is 88.9 Å². The molecule has 0 spiro atoms. The minimum Gasteiger partial charge on any atom is -0.326 e. The number of hydrogen-bond acceptors (Lipinski definition) is 7. The first kappa shape index (κ1) is 24.7. The molecule has 3 heterocycles. The molecule has 5 aromatic rings. The molecule has 0 radical (unpaired) electrons. The maximum Gasteiger partial charge on any atom is 0.230 e. The molecule has 0 fully saturated rings. The molecule has 37 heavy (non-hydrogen) atoms. The van der Waals surface area contributed by atoms with E-state index in [-0.39, 0.29) is 17.7 Å². The number of pyridine rings is 1. The summed E-state index contributed by atoms with van der Waals surface area (Å²) in [6.45, 7) is 1.89. The zero-order valence-electron chi connectivity index (χ0n) is 19.6. The van der Waals surface area contributed by atoms with Gasteiger partial charge >= 0.3 is 0 Å². The summed E-state index contributed by atoms with van der Waals surface area (Å²) in [5.74, 6) is -1.19. The second-order valence-corrected chi connectivity index (χ2v) is 10.9. The molecular weight excluding hydrogens is 515 g/mol. The van der Waals surface area contributed by atoms with Gasteiger partial charge in [-0.05, 0) is 55.5 Å². The van der Waals surface area contributed by atoms with Crippen molar-refractivity contribution < 1.29 is 17.6 Å². The number of aromatic nitrogens is 4. The van der Waals surface area contributed by atoms with Crippen LogP contribution < -0.4 is 10.5 Å². The number of benzene rings is 2. The van der Waals surface area contributed by atoms with Gasteiger partial charge in [0.1, 0.15) is 5.82 Å². The van der Waals surface area contributed by atoms with Crippen LogP contribution in [-0.2, 0) is 27.0 Å². The number of anilines is 1. The smallest absolute Gasteiger partial charge is 0.230 e. The number of fused-ring (bicyclic) bond motifs is 1. The number of amides is 1. The maximum atomic E-state index is 14.0. The largest absolute Gasteiger partial charge is 0.326 e. The van der Waals surface area contributed by atoms with Crippen molar-refractivity contribution in [1.29, 1.82) is 0 Å². The predicted molar refractivity (Wildman–Crippen MR) is 140 cm³/mol. The minimum atomic E-state index is -3.94. The SMILES string of the molecule is Cc1cccc(-n2nc(CC(=O)Nc3ccc(F)c(CS(N)(=O)=O)c3)cc2-c2ccc3ncsc3c2)n1. The van der Waals surface area contributed by atoms with Crippen LogP contribution >= 0.6 is 11.3 Å². The Labute approximate surface area is 215 Å². The highest BCUT2D eigenvalue weighted by Gasteiger charge is 2.17. The van der Waals surface area contributed by atoms with Crippen molar-refractivity contribution >= 4 is 43.2 Å². The van der Waals surface area contributed by atoms with Gasteiger partial charge in [-0.1, -0.05) is 12.1 Å². The summed E-state index contributed by atoms with van der Waals surface area (Å²) >= 11 is 1.53. The predicted octanol–water partition coefficient (Wildman–Crippen LogP) is 3.96. The first-order valence-electron chi connectivity index (χ1n) is 11.1. The lowest BCUT2D eigenvalue weighted by Gasteiger charge is -2.08. The van der Waals surface area contributed by atoms with Crippen molar-refractivity contribution in [2.24, 2.45) is 5.14 Å². The molecule has 2 aromatic carbocycles. The lowest BCUT2D eigenvalue weighted by Crippen LogP contribution is -2.17. The van der Waals surface area contributed by atoms with E-state index in [1.807, 2.05) is 49.4 Å². The lowest BCUT2D eigenvalue weighted by atomic mass is 10.1. The van der Waals surface area contributed by atoms with Gasteiger partial charge in [0.15, 0.2) is 5.82 Å². The van der Waals surface area contributed by atoms with E-state index >= 15 is 0 Å². The number of carbonyl (C=O) groups is 1. The molecule has 1 amide bonds. The number of nitrogens with zero attached hydrogens (tertiary/aromatic N) is 4. The second-order valence-electron chi connectivity index (χ2n) is 8.44. The summed E-state index contributed by atoms with van der Waals surface area (Å²) in [5.41, 5.74) is 5.77. The second kappa shape index (κ2) is 9.81. The summed E-state index contributed by atoms with van der Waals surface area (Å²) in [6, 6.07) is 17.0. The van der Waals surface area contributed by atoms with Crippen molar-refractivity contribution in [3.63, 3.8) is 0 Å². The molecule has 0 saturated carbocycles. The van der Waals surface area contributed by atoms with Gasteiger partial charge in [0.2, 0.25) is 15.9 Å². The van der Waals surface area contributed by atoms with Gasteiger partial charge in [0.25, 0.3) is 0 Å². The van der Waals surface area contributed by atoms with Gasteiger partial charge in [0.05, 0.1) is 39.3 Å². The number of halogens is 1. The molecule has 3 N–H and O–H groups in total. The fraction of sp³-hybridized carbons (Fsp3) is 0.120. The average molecular weight is 537 g/mol. The Morgan fingerprint density at radius 1 is 1.14 bits per heavy atom. The van der Waals surface area contributed by atoms with Crippen LogP contribution in [0.2, 0.25) is 0 Å². The summed E-state index contributed by atoms with van der Waals surface area (Å²) in [5, 5.41) is 12.4. The molecule has 12 heteroatoms. The Balaban J connectivity index is 1.45. The van der Waals surface area contributed by atoms with Crippen LogP contribution in [0, 0.1) is 12.7 Å². The third kappa shape index (κ3) is 5.71. The number of nitrogens with one attached hydrogen (secondary N) is 1. The van der Waals surface area contributed by atoms with Crippen LogP contribution in [0.5, 0.6) is 0 Å². The van der Waals surface area contributed by atoms with Gasteiger partial charge in [-0.3, -0.25) is 4.79 Å². The van der Waals surface area contributed by atoms with E-state index in [9.17, 15) is 17.6 Å². The molecular formula is C25H21FN6O3S2. The molecule has 188 valence electrons. The van der Waals surface area contributed by atoms with Crippen LogP contribution in [0.1, 0.15) is 17.0 Å². The maximum absolute atomic E-state index is 14.0. The number of hydrogen-bond donors (Lipinski definition) is 2. The number of rotatable bonds is 7. The zero-order chi connectivity index (χ0) is 26.2. The van der Waals surface area contributed by atoms with Crippen molar-refractivity contribution in [2.75, 3.05) is 5.32 Å². The summed E-state index contributed by atoms with van der Waals surface area (Å²) in [4.78, 5) is 21.7. The van der Waals surface area contributed by atoms with E-state index in [1.165, 1.54) is 23.5 Å². The highest BCUT2D eigenvalue weighted by atomic mass is 32.2. The average Bonchev–Trinajstić information content (AvgIpc) is 3.47. The fourth-order valence-corrected chi connectivity index (χ4v) is 5.28. The Hall–Kier alpha value is -4.00. The molecule has 0 unspecified atom stereocenters. The molecule has 0 bridgehead atoms. The third-order valence-electron chi connectivity index (χ3n) is 5.51. The lowest BCUT2D eigenvalue weighted by molar-refractivity contribution is -0.115. The fourth-order valence-electron chi connectivity index (χ4n) is 3.91. The molecule has 0 aliphatic carbocycles. The van der Waals surface area contributed by atoms with Gasteiger partial charge in [0, 0.05) is 22.5 Å². The quantitative estimate of drug-likeness (QED) is 0.324. The van der Waals surface area contributed by atoms with E-state index in [0.717, 1.165) is 33.2 Å². The first-order valence-corrected chi connectivity index (χ1v) is 13.7.